The highest BCUT2D eigenvalue weighted by Gasteiger charge is 2.31. The van der Waals surface area contributed by atoms with E-state index < -0.39 is 21.7 Å². The molecule has 0 aliphatic carbocycles. The van der Waals surface area contributed by atoms with Crippen molar-refractivity contribution in [2.45, 2.75) is 4.90 Å². The highest BCUT2D eigenvalue weighted by atomic mass is 32.2. The lowest BCUT2D eigenvalue weighted by Gasteiger charge is -2.34. The smallest absolute Gasteiger partial charge is 0.251 e. The first-order valence-corrected chi connectivity index (χ1v) is 10.7. The van der Waals surface area contributed by atoms with E-state index in [-0.39, 0.29) is 43.5 Å². The van der Waals surface area contributed by atoms with E-state index in [1.807, 2.05) is 0 Å². The van der Waals surface area contributed by atoms with Gasteiger partial charge in [-0.1, -0.05) is 12.1 Å². The largest absolute Gasteiger partial charge is 0.497 e. The fourth-order valence-electron chi connectivity index (χ4n) is 3.08. The van der Waals surface area contributed by atoms with E-state index in [9.17, 15) is 22.4 Å². The Kier molecular flexibility index (Phi) is 6.68. The van der Waals surface area contributed by atoms with Gasteiger partial charge >= 0.3 is 0 Å². The summed E-state index contributed by atoms with van der Waals surface area (Å²) in [6, 6.07) is 11.7. The summed E-state index contributed by atoms with van der Waals surface area (Å²) in [7, 11) is -2.45. The molecule has 0 radical (unpaired) electrons. The number of methoxy groups -OCH3 is 1. The fraction of sp³-hybridized carbons (Fsp3) is 0.300. The third kappa shape index (κ3) is 4.77. The minimum absolute atomic E-state index is 0.0504. The summed E-state index contributed by atoms with van der Waals surface area (Å²) in [5.74, 6) is -0.908. The first-order chi connectivity index (χ1) is 14.3. The van der Waals surface area contributed by atoms with Crippen LogP contribution in [-0.2, 0) is 14.8 Å². The third-order valence-electron chi connectivity index (χ3n) is 4.80. The maximum Gasteiger partial charge on any atom is 0.251 e. The lowest BCUT2D eigenvalue weighted by atomic mass is 10.2. The maximum atomic E-state index is 13.9. The molecule has 2 aromatic rings. The van der Waals surface area contributed by atoms with Crippen LogP contribution < -0.4 is 10.1 Å². The number of hydrogen-bond acceptors (Lipinski definition) is 5. The Hall–Kier alpha value is -2.98. The molecule has 0 spiro atoms. The summed E-state index contributed by atoms with van der Waals surface area (Å²) in [5, 5.41) is 2.56. The molecule has 3 rings (SSSR count). The van der Waals surface area contributed by atoms with Gasteiger partial charge in [0.2, 0.25) is 15.9 Å². The van der Waals surface area contributed by atoms with Gasteiger partial charge in [-0.25, -0.2) is 12.8 Å². The number of benzene rings is 2. The van der Waals surface area contributed by atoms with Gasteiger partial charge in [-0.2, -0.15) is 4.31 Å². The van der Waals surface area contributed by atoms with E-state index in [4.69, 9.17) is 4.74 Å². The summed E-state index contributed by atoms with van der Waals surface area (Å²) in [5.41, 5.74) is 0.393. The number of halogens is 1. The molecule has 30 heavy (non-hydrogen) atoms. The van der Waals surface area contributed by atoms with Crippen molar-refractivity contribution < 1.29 is 27.1 Å². The summed E-state index contributed by atoms with van der Waals surface area (Å²) < 4.78 is 45.3. The molecular weight excluding hydrogens is 413 g/mol. The Morgan fingerprint density at radius 2 is 1.67 bits per heavy atom. The Morgan fingerprint density at radius 3 is 2.27 bits per heavy atom. The highest BCUT2D eigenvalue weighted by Crippen LogP contribution is 2.20. The number of hydrogen-bond donors (Lipinski definition) is 1. The topological polar surface area (TPSA) is 96.0 Å². The van der Waals surface area contributed by atoms with Gasteiger partial charge in [-0.05, 0) is 36.4 Å². The predicted molar refractivity (Wildman–Crippen MR) is 107 cm³/mol. The molecule has 0 aromatic heterocycles. The first-order valence-electron chi connectivity index (χ1n) is 9.27. The lowest BCUT2D eigenvalue weighted by molar-refractivity contribution is -0.131. The molecule has 160 valence electrons. The van der Waals surface area contributed by atoms with Crippen molar-refractivity contribution >= 4 is 21.8 Å². The molecule has 10 heteroatoms. The lowest BCUT2D eigenvalue weighted by Crippen LogP contribution is -2.52. The van der Waals surface area contributed by atoms with Gasteiger partial charge < -0.3 is 15.0 Å². The monoisotopic (exact) mass is 435 g/mol. The summed E-state index contributed by atoms with van der Waals surface area (Å²) in [6.07, 6.45) is 0. The second-order valence-electron chi connectivity index (χ2n) is 6.63. The second kappa shape index (κ2) is 9.23. The standard InChI is InChI=1S/C20H22FN3O5S/c1-29-16-8-6-15(7-9-16)20(26)22-14-19(25)23-10-12-24(13-11-23)30(27,28)18-5-3-2-4-17(18)21/h2-9H,10-14H2,1H3,(H,22,26). The minimum Gasteiger partial charge on any atom is -0.497 e. The van der Waals surface area contributed by atoms with Crippen LogP contribution in [0.5, 0.6) is 5.75 Å². The minimum atomic E-state index is -3.97. The van der Waals surface area contributed by atoms with Gasteiger partial charge in [-0.15, -0.1) is 0 Å². The summed E-state index contributed by atoms with van der Waals surface area (Å²) >= 11 is 0. The van der Waals surface area contributed by atoms with Gasteiger partial charge in [0.1, 0.15) is 16.5 Å². The molecule has 0 atom stereocenters. The van der Waals surface area contributed by atoms with E-state index >= 15 is 0 Å². The number of sulfonamides is 1. The predicted octanol–water partition coefficient (Wildman–Crippen LogP) is 1.10. The molecule has 1 saturated heterocycles. The Labute approximate surface area is 174 Å². The maximum absolute atomic E-state index is 13.9. The molecule has 2 aromatic carbocycles. The highest BCUT2D eigenvalue weighted by molar-refractivity contribution is 7.89. The quantitative estimate of drug-likeness (QED) is 0.733. The summed E-state index contributed by atoms with van der Waals surface area (Å²) in [4.78, 5) is 25.6. The number of amides is 2. The number of piperazine rings is 1. The van der Waals surface area contributed by atoms with Crippen LogP contribution in [0.15, 0.2) is 53.4 Å². The Morgan fingerprint density at radius 1 is 1.03 bits per heavy atom. The molecule has 8 nitrogen and oxygen atoms in total. The van der Waals surface area contributed by atoms with Crippen LogP contribution in [0.1, 0.15) is 10.4 Å². The van der Waals surface area contributed by atoms with Crippen molar-refractivity contribution in [2.75, 3.05) is 39.8 Å². The van der Waals surface area contributed by atoms with E-state index in [0.717, 1.165) is 10.4 Å². The average Bonchev–Trinajstić information content (AvgIpc) is 2.77. The summed E-state index contributed by atoms with van der Waals surface area (Å²) in [6.45, 7) is 0.213. The molecule has 1 aliphatic rings. The average molecular weight is 435 g/mol. The van der Waals surface area contributed by atoms with Crippen LogP contribution in [0, 0.1) is 5.82 Å². The molecule has 1 N–H and O–H groups in total. The van der Waals surface area contributed by atoms with Gasteiger partial charge in [0, 0.05) is 31.7 Å². The van der Waals surface area contributed by atoms with Gasteiger partial charge in [-0.3, -0.25) is 9.59 Å². The molecule has 1 heterocycles. The van der Waals surface area contributed by atoms with Crippen LogP contribution in [0.4, 0.5) is 4.39 Å². The molecule has 2 amide bonds. The van der Waals surface area contributed by atoms with Crippen LogP contribution in [0.25, 0.3) is 0 Å². The van der Waals surface area contributed by atoms with Gasteiger partial charge in [0.05, 0.1) is 13.7 Å². The number of nitrogens with one attached hydrogen (secondary N) is 1. The molecule has 1 fully saturated rings. The van der Waals surface area contributed by atoms with Crippen LogP contribution in [-0.4, -0.2) is 69.3 Å². The molecule has 0 saturated carbocycles. The van der Waals surface area contributed by atoms with Crippen molar-refractivity contribution in [3.8, 4) is 5.75 Å². The first kappa shape index (κ1) is 21.7. The van der Waals surface area contributed by atoms with E-state index in [0.29, 0.717) is 11.3 Å². The normalized spacial score (nSPS) is 14.9. The van der Waals surface area contributed by atoms with Crippen LogP contribution >= 0.6 is 0 Å². The van der Waals surface area contributed by atoms with E-state index in [2.05, 4.69) is 5.32 Å². The Bertz CT molecular complexity index is 1020. The van der Waals surface area contributed by atoms with Crippen LogP contribution in [0.2, 0.25) is 0 Å². The number of carbonyl (C=O) groups excluding carboxylic acids is 2. The zero-order valence-electron chi connectivity index (χ0n) is 16.4. The Balaban J connectivity index is 1.52. The molecule has 0 bridgehead atoms. The number of nitrogens with zero attached hydrogens (tertiary/aromatic N) is 2. The van der Waals surface area contributed by atoms with Gasteiger partial charge in [0.15, 0.2) is 0 Å². The molecule has 1 aliphatic heterocycles. The zero-order valence-corrected chi connectivity index (χ0v) is 17.2. The van der Waals surface area contributed by atoms with Crippen molar-refractivity contribution in [2.24, 2.45) is 0 Å². The third-order valence-corrected chi connectivity index (χ3v) is 6.73. The van der Waals surface area contributed by atoms with Crippen molar-refractivity contribution in [1.29, 1.82) is 0 Å². The number of rotatable bonds is 6. The van der Waals surface area contributed by atoms with Crippen molar-refractivity contribution in [3.05, 3.63) is 59.9 Å². The second-order valence-corrected chi connectivity index (χ2v) is 8.53. The van der Waals surface area contributed by atoms with E-state index in [1.54, 1.807) is 24.3 Å². The zero-order chi connectivity index (χ0) is 21.7. The SMILES string of the molecule is COc1ccc(C(=O)NCC(=O)N2CCN(S(=O)(=O)c3ccccc3F)CC2)cc1. The fourth-order valence-corrected chi connectivity index (χ4v) is 4.57. The number of ether oxygens (including phenoxy) is 1. The van der Waals surface area contributed by atoms with Crippen molar-refractivity contribution in [3.63, 3.8) is 0 Å². The van der Waals surface area contributed by atoms with Gasteiger partial charge in [0.25, 0.3) is 5.91 Å². The van der Waals surface area contributed by atoms with Crippen molar-refractivity contribution in [1.82, 2.24) is 14.5 Å². The number of carbonyl (C=O) groups is 2. The molecular formula is C20H22FN3O5S. The van der Waals surface area contributed by atoms with Crippen LogP contribution in [0.3, 0.4) is 0 Å². The molecule has 0 unspecified atom stereocenters. The van der Waals surface area contributed by atoms with E-state index in [1.165, 1.54) is 30.2 Å².